The Morgan fingerprint density at radius 2 is 0.600 bits per heavy atom. The maximum Gasteiger partial charge on any atom is 0.373 e. The van der Waals surface area contributed by atoms with Crippen LogP contribution in [-0.4, -0.2) is 39.1 Å². The van der Waals surface area contributed by atoms with Crippen molar-refractivity contribution in [3.8, 4) is 0 Å². The maximum atomic E-state index is 13.6. The first-order valence-electron chi connectivity index (χ1n) is 5.76. The molecule has 0 unspecified atom stereocenters. The highest BCUT2D eigenvalue weighted by Crippen LogP contribution is 2.57. The Morgan fingerprint density at radius 1 is 0.450 bits per heavy atom. The van der Waals surface area contributed by atoms with Crippen molar-refractivity contribution < 1.29 is 35.1 Å². The Balaban J connectivity index is 6.08. The van der Waals surface area contributed by atoms with E-state index >= 15 is 0 Å². The first-order chi connectivity index (χ1) is 8.25. The highest BCUT2D eigenvalue weighted by atomic mass is 28.3. The molecule has 0 aliphatic carbocycles. The second kappa shape index (κ2) is 4.69. The van der Waals surface area contributed by atoms with E-state index in [0.717, 1.165) is 39.3 Å². The molecule has 0 aromatic carbocycles. The van der Waals surface area contributed by atoms with Crippen molar-refractivity contribution in [3.63, 3.8) is 0 Å². The zero-order chi connectivity index (χ0) is 17.0. The standard InChI is InChI=1S/C10H18F8Si2/c1-19(2,3)9(15,16)7(11,12)8(13,14)10(17,18)20(4,5)6/h1-6H3. The lowest BCUT2D eigenvalue weighted by Crippen LogP contribution is -2.72. The fraction of sp³-hybridized carbons (Fsp3) is 1.00. The molecule has 0 aliphatic heterocycles. The third kappa shape index (κ3) is 2.53. The summed E-state index contributed by atoms with van der Waals surface area (Å²) in [6, 6.07) is 0. The van der Waals surface area contributed by atoms with Crippen molar-refractivity contribution in [2.45, 2.75) is 62.2 Å². The van der Waals surface area contributed by atoms with E-state index in [4.69, 9.17) is 0 Å². The Morgan fingerprint density at radius 3 is 0.700 bits per heavy atom. The predicted molar refractivity (Wildman–Crippen MR) is 66.5 cm³/mol. The van der Waals surface area contributed by atoms with Crippen molar-refractivity contribution in [1.29, 1.82) is 0 Å². The van der Waals surface area contributed by atoms with Crippen LogP contribution in [0.1, 0.15) is 0 Å². The number of hydrogen-bond acceptors (Lipinski definition) is 0. The van der Waals surface area contributed by atoms with Gasteiger partial charge in [-0.2, -0.15) is 17.6 Å². The van der Waals surface area contributed by atoms with Gasteiger partial charge >= 0.3 is 11.8 Å². The quantitative estimate of drug-likeness (QED) is 0.469. The second-order valence-corrected chi connectivity index (χ2v) is 17.1. The van der Waals surface area contributed by atoms with Gasteiger partial charge < -0.3 is 0 Å². The van der Waals surface area contributed by atoms with Crippen LogP contribution in [0.4, 0.5) is 35.1 Å². The van der Waals surface area contributed by atoms with Crippen LogP contribution in [0, 0.1) is 0 Å². The number of alkyl halides is 8. The normalized spacial score (nSPS) is 16.5. The molecule has 20 heavy (non-hydrogen) atoms. The molecule has 0 aromatic heterocycles. The SMILES string of the molecule is C[Si](C)(C)C(F)(F)C(F)(F)C(F)(F)C(F)(F)[Si](C)(C)C. The zero-order valence-electron chi connectivity index (χ0n) is 12.0. The largest absolute Gasteiger partial charge is 0.373 e. The molecule has 10 heteroatoms. The lowest BCUT2D eigenvalue weighted by Gasteiger charge is -2.44. The summed E-state index contributed by atoms with van der Waals surface area (Å²) >= 11 is 0. The van der Waals surface area contributed by atoms with E-state index in [0.29, 0.717) is 0 Å². The van der Waals surface area contributed by atoms with E-state index in [1.54, 1.807) is 0 Å². The third-order valence-electron chi connectivity index (χ3n) is 3.07. The highest BCUT2D eigenvalue weighted by molar-refractivity contribution is 6.79. The molecule has 0 aliphatic rings. The minimum absolute atomic E-state index is 0.726. The van der Waals surface area contributed by atoms with Gasteiger partial charge in [-0.3, -0.25) is 0 Å². The van der Waals surface area contributed by atoms with E-state index in [-0.39, 0.29) is 0 Å². The lowest BCUT2D eigenvalue weighted by molar-refractivity contribution is -0.332. The predicted octanol–water partition coefficient (Wildman–Crippen LogP) is 5.28. The summed E-state index contributed by atoms with van der Waals surface area (Å²) in [6.45, 7) is 4.36. The van der Waals surface area contributed by atoms with Crippen molar-refractivity contribution in [3.05, 3.63) is 0 Å². The molecular formula is C10H18F8Si2. The van der Waals surface area contributed by atoms with Gasteiger partial charge in [0, 0.05) is 0 Å². The van der Waals surface area contributed by atoms with Gasteiger partial charge in [0.25, 0.3) is 11.1 Å². The van der Waals surface area contributed by atoms with Crippen LogP contribution < -0.4 is 0 Å². The van der Waals surface area contributed by atoms with E-state index in [1.807, 2.05) is 0 Å². The Bertz CT molecular complexity index is 328. The number of rotatable bonds is 5. The van der Waals surface area contributed by atoms with Gasteiger partial charge in [0.15, 0.2) is 0 Å². The van der Waals surface area contributed by atoms with Crippen LogP contribution in [0.25, 0.3) is 0 Å². The minimum Gasteiger partial charge on any atom is -0.205 e. The summed E-state index contributed by atoms with van der Waals surface area (Å²) < 4.78 is 109. The van der Waals surface area contributed by atoms with Gasteiger partial charge in [-0.15, -0.1) is 0 Å². The molecule has 0 atom stereocenters. The minimum atomic E-state index is -6.10. The Hall–Kier alpha value is -0.126. The van der Waals surface area contributed by atoms with Crippen molar-refractivity contribution >= 4 is 16.1 Å². The second-order valence-electron chi connectivity index (χ2n) is 6.80. The summed E-state index contributed by atoms with van der Waals surface area (Å²) in [5.74, 6) is -12.2. The molecule has 0 fully saturated rings. The zero-order valence-corrected chi connectivity index (χ0v) is 14.0. The fourth-order valence-corrected chi connectivity index (χ4v) is 3.53. The van der Waals surface area contributed by atoms with Crippen LogP contribution in [0.15, 0.2) is 0 Å². The van der Waals surface area contributed by atoms with Gasteiger partial charge in [0.1, 0.15) is 16.1 Å². The first-order valence-corrected chi connectivity index (χ1v) is 12.8. The van der Waals surface area contributed by atoms with Crippen LogP contribution in [0.5, 0.6) is 0 Å². The molecule has 0 saturated heterocycles. The molecule has 0 heterocycles. The topological polar surface area (TPSA) is 0 Å². The van der Waals surface area contributed by atoms with E-state index in [9.17, 15) is 35.1 Å². The van der Waals surface area contributed by atoms with E-state index in [2.05, 4.69) is 0 Å². The molecule has 0 bridgehead atoms. The van der Waals surface area contributed by atoms with Gasteiger partial charge in [-0.25, -0.2) is 17.6 Å². The smallest absolute Gasteiger partial charge is 0.205 e. The van der Waals surface area contributed by atoms with Gasteiger partial charge in [-0.05, 0) is 0 Å². The van der Waals surface area contributed by atoms with Gasteiger partial charge in [0.05, 0.1) is 0 Å². The van der Waals surface area contributed by atoms with Crippen molar-refractivity contribution in [2.24, 2.45) is 0 Å². The van der Waals surface area contributed by atoms with E-state index < -0.39 is 39.1 Å². The number of hydrogen-bond donors (Lipinski definition) is 0. The third-order valence-corrected chi connectivity index (χ3v) is 7.46. The molecule has 0 saturated carbocycles. The average Bonchev–Trinajstić information content (AvgIpc) is 2.12. The van der Waals surface area contributed by atoms with Crippen LogP contribution in [0.2, 0.25) is 39.3 Å². The van der Waals surface area contributed by atoms with Crippen LogP contribution >= 0.6 is 0 Å². The molecule has 0 spiro atoms. The average molecular weight is 346 g/mol. The Kier molecular flexibility index (Phi) is 4.66. The maximum absolute atomic E-state index is 13.6. The van der Waals surface area contributed by atoms with E-state index in [1.165, 1.54) is 0 Å². The summed E-state index contributed by atoms with van der Waals surface area (Å²) in [5.41, 5.74) is -10.3. The summed E-state index contributed by atoms with van der Waals surface area (Å²) in [4.78, 5) is 0. The monoisotopic (exact) mass is 346 g/mol. The van der Waals surface area contributed by atoms with Crippen LogP contribution in [0.3, 0.4) is 0 Å². The lowest BCUT2D eigenvalue weighted by atomic mass is 10.2. The molecule has 0 radical (unpaired) electrons. The summed E-state index contributed by atoms with van der Waals surface area (Å²) in [7, 11) is -8.30. The molecule has 122 valence electrons. The molecule has 0 nitrogen and oxygen atoms in total. The number of halogens is 8. The van der Waals surface area contributed by atoms with Gasteiger partial charge in [-0.1, -0.05) is 39.3 Å². The Labute approximate surface area is 114 Å². The summed E-state index contributed by atoms with van der Waals surface area (Å²) in [6.07, 6.45) is 0. The molecular weight excluding hydrogens is 328 g/mol. The molecule has 0 rings (SSSR count). The van der Waals surface area contributed by atoms with Crippen LogP contribution in [-0.2, 0) is 0 Å². The van der Waals surface area contributed by atoms with Crippen molar-refractivity contribution in [2.75, 3.05) is 0 Å². The fourth-order valence-electron chi connectivity index (χ4n) is 1.34. The molecule has 0 amide bonds. The highest BCUT2D eigenvalue weighted by Gasteiger charge is 2.84. The molecule has 0 aromatic rings. The summed E-state index contributed by atoms with van der Waals surface area (Å²) in [5, 5.41) is 0. The first kappa shape index (κ1) is 19.9. The molecule has 0 N–H and O–H groups in total. The van der Waals surface area contributed by atoms with Crippen molar-refractivity contribution in [1.82, 2.24) is 0 Å². The van der Waals surface area contributed by atoms with Gasteiger partial charge in [0.2, 0.25) is 0 Å².